The van der Waals surface area contributed by atoms with Crippen LogP contribution in [-0.2, 0) is 4.79 Å². The summed E-state index contributed by atoms with van der Waals surface area (Å²) in [7, 11) is 1.30. The Morgan fingerprint density at radius 3 is 2.22 bits per heavy atom. The highest BCUT2D eigenvalue weighted by Crippen LogP contribution is 2.37. The average molecular weight is 551 g/mol. The lowest BCUT2D eigenvalue weighted by Gasteiger charge is -2.22. The van der Waals surface area contributed by atoms with Crippen LogP contribution < -0.4 is 15.4 Å². The number of aliphatic imine (C=N–C) groups is 1. The van der Waals surface area contributed by atoms with Gasteiger partial charge in [-0.05, 0) is 24.3 Å². The minimum Gasteiger partial charge on any atom is -0.419 e. The normalized spacial score (nSPS) is 13.5. The fourth-order valence-electron chi connectivity index (χ4n) is 2.87. The Labute approximate surface area is 209 Å². The Bertz CT molecular complexity index is 1270. The summed E-state index contributed by atoms with van der Waals surface area (Å²) in [4.78, 5) is 40.8. The predicted octanol–water partition coefficient (Wildman–Crippen LogP) is 4.93. The van der Waals surface area contributed by atoms with E-state index in [0.717, 1.165) is 41.4 Å². The second kappa shape index (κ2) is 10.5. The lowest BCUT2D eigenvalue weighted by molar-refractivity contribution is -0.130. The number of nitrogens with zero attached hydrogens (tertiary/aromatic N) is 2. The first kappa shape index (κ1) is 26.9. The van der Waals surface area contributed by atoms with E-state index in [9.17, 15) is 36.3 Å². The summed E-state index contributed by atoms with van der Waals surface area (Å²) >= 11 is 12.1. The van der Waals surface area contributed by atoms with Gasteiger partial charge in [-0.25, -0.2) is 23.4 Å². The van der Waals surface area contributed by atoms with Crippen LogP contribution in [0.3, 0.4) is 0 Å². The Hall–Kier alpha value is -3.71. The van der Waals surface area contributed by atoms with E-state index in [1.54, 1.807) is 5.32 Å². The van der Waals surface area contributed by atoms with Gasteiger partial charge in [0.25, 0.3) is 5.91 Å². The van der Waals surface area contributed by atoms with Crippen molar-refractivity contribution < 1.29 is 41.1 Å². The van der Waals surface area contributed by atoms with Crippen LogP contribution in [0, 0.1) is 11.6 Å². The third kappa shape index (κ3) is 6.29. The van der Waals surface area contributed by atoms with E-state index in [1.807, 2.05) is 0 Å². The molecule has 0 saturated carbocycles. The standard InChI is InChI=1S/C21H13Cl2F5N4O4/c1-32-7-14(30-15(8-32)21(26,27)28)19(34)36-17-10(22)5-9(6-11(17)23)29-20(35)31-18(33)16-12(24)3-2-4-13(16)25/h2-7H,8H2,1H3,(H2,29,31,33,35). The Balaban J connectivity index is 1.72. The lowest BCUT2D eigenvalue weighted by Crippen LogP contribution is -2.36. The maximum Gasteiger partial charge on any atom is 0.431 e. The monoisotopic (exact) mass is 550 g/mol. The molecular formula is C21H13Cl2F5N4O4. The number of amides is 3. The number of esters is 1. The van der Waals surface area contributed by atoms with Gasteiger partial charge in [-0.2, -0.15) is 13.2 Å². The third-order valence-corrected chi connectivity index (χ3v) is 4.96. The fraction of sp³-hybridized carbons (Fsp3) is 0.143. The summed E-state index contributed by atoms with van der Waals surface area (Å²) in [6.45, 7) is -0.573. The van der Waals surface area contributed by atoms with Crippen LogP contribution in [-0.4, -0.2) is 48.3 Å². The molecule has 1 heterocycles. The largest absolute Gasteiger partial charge is 0.431 e. The molecular weight excluding hydrogens is 538 g/mol. The third-order valence-electron chi connectivity index (χ3n) is 4.40. The van der Waals surface area contributed by atoms with Crippen molar-refractivity contribution in [2.24, 2.45) is 4.99 Å². The average Bonchev–Trinajstić information content (AvgIpc) is 2.74. The molecule has 1 aliphatic rings. The molecule has 0 unspecified atom stereocenters. The number of hydrogen-bond acceptors (Lipinski definition) is 6. The van der Waals surface area contributed by atoms with Gasteiger partial charge in [0.15, 0.2) is 11.4 Å². The number of rotatable bonds is 4. The number of halogens is 7. The van der Waals surface area contributed by atoms with Crippen molar-refractivity contribution >= 4 is 52.5 Å². The second-order valence-electron chi connectivity index (χ2n) is 7.15. The minimum absolute atomic E-state index is 0.127. The zero-order valence-electron chi connectivity index (χ0n) is 17.8. The Morgan fingerprint density at radius 2 is 1.67 bits per heavy atom. The van der Waals surface area contributed by atoms with Gasteiger partial charge in [-0.1, -0.05) is 29.3 Å². The maximum atomic E-state index is 13.7. The van der Waals surface area contributed by atoms with E-state index < -0.39 is 65.0 Å². The van der Waals surface area contributed by atoms with Gasteiger partial charge in [-0.15, -0.1) is 0 Å². The summed E-state index contributed by atoms with van der Waals surface area (Å²) in [5.74, 6) is -5.48. The molecule has 2 aromatic carbocycles. The lowest BCUT2D eigenvalue weighted by atomic mass is 10.2. The Morgan fingerprint density at radius 1 is 1.08 bits per heavy atom. The van der Waals surface area contributed by atoms with Crippen molar-refractivity contribution in [2.75, 3.05) is 18.9 Å². The predicted molar refractivity (Wildman–Crippen MR) is 119 cm³/mol. The zero-order chi connectivity index (χ0) is 26.8. The van der Waals surface area contributed by atoms with E-state index in [2.05, 4.69) is 10.3 Å². The van der Waals surface area contributed by atoms with E-state index >= 15 is 0 Å². The molecule has 3 rings (SSSR count). The maximum absolute atomic E-state index is 13.7. The molecule has 0 bridgehead atoms. The van der Waals surface area contributed by atoms with E-state index in [1.165, 1.54) is 7.05 Å². The SMILES string of the molecule is CN1C=C(C(=O)Oc2c(Cl)cc(NC(=O)NC(=O)c3c(F)cccc3F)cc2Cl)N=C(C(F)(F)F)C1. The van der Waals surface area contributed by atoms with Crippen molar-refractivity contribution in [2.45, 2.75) is 6.18 Å². The topological polar surface area (TPSA) is 100 Å². The van der Waals surface area contributed by atoms with E-state index in [0.29, 0.717) is 0 Å². The van der Waals surface area contributed by atoms with Gasteiger partial charge in [0, 0.05) is 18.9 Å². The number of anilines is 1. The first-order chi connectivity index (χ1) is 16.8. The molecule has 0 aliphatic carbocycles. The molecule has 1 aliphatic heterocycles. The number of carbonyl (C=O) groups excluding carboxylic acids is 3. The van der Waals surface area contributed by atoms with Gasteiger partial charge >= 0.3 is 18.2 Å². The molecule has 0 aromatic heterocycles. The van der Waals surface area contributed by atoms with Gasteiger partial charge < -0.3 is 15.0 Å². The second-order valence-corrected chi connectivity index (χ2v) is 7.96. The summed E-state index contributed by atoms with van der Waals surface area (Å²) in [5, 5.41) is 3.17. The van der Waals surface area contributed by atoms with Gasteiger partial charge in [0.2, 0.25) is 0 Å². The molecule has 190 valence electrons. The van der Waals surface area contributed by atoms with Gasteiger partial charge in [0.1, 0.15) is 22.9 Å². The highest BCUT2D eigenvalue weighted by atomic mass is 35.5. The summed E-state index contributed by atoms with van der Waals surface area (Å²) < 4.78 is 71.4. The molecule has 8 nitrogen and oxygen atoms in total. The number of nitrogens with one attached hydrogen (secondary N) is 2. The fourth-order valence-corrected chi connectivity index (χ4v) is 3.43. The summed E-state index contributed by atoms with van der Waals surface area (Å²) in [6.07, 6.45) is -3.73. The first-order valence-electron chi connectivity index (χ1n) is 9.60. The molecule has 3 amide bonds. The molecule has 0 saturated heterocycles. The van der Waals surface area contributed by atoms with Crippen molar-refractivity contribution in [3.63, 3.8) is 0 Å². The molecule has 36 heavy (non-hydrogen) atoms. The van der Waals surface area contributed by atoms with Crippen molar-refractivity contribution in [3.05, 3.63) is 69.5 Å². The van der Waals surface area contributed by atoms with E-state index in [4.69, 9.17) is 27.9 Å². The first-order valence-corrected chi connectivity index (χ1v) is 10.4. The quantitative estimate of drug-likeness (QED) is 0.319. The number of benzene rings is 2. The number of alkyl halides is 3. The minimum atomic E-state index is -4.77. The van der Waals surface area contributed by atoms with Gasteiger partial charge in [0.05, 0.1) is 16.6 Å². The number of imide groups is 1. The van der Waals surface area contributed by atoms with Gasteiger partial charge in [-0.3, -0.25) is 10.1 Å². The van der Waals surface area contributed by atoms with Crippen LogP contribution in [0.2, 0.25) is 10.0 Å². The Kier molecular flexibility index (Phi) is 7.84. The smallest absolute Gasteiger partial charge is 0.419 e. The van der Waals surface area contributed by atoms with E-state index in [-0.39, 0.29) is 15.7 Å². The molecule has 2 aromatic rings. The number of ether oxygens (including phenoxy) is 1. The number of urea groups is 1. The van der Waals surface area contributed by atoms with Crippen LogP contribution >= 0.6 is 23.2 Å². The van der Waals surface area contributed by atoms with Crippen LogP contribution in [0.4, 0.5) is 32.4 Å². The summed E-state index contributed by atoms with van der Waals surface area (Å²) in [5.41, 5.74) is -2.99. The molecule has 0 fully saturated rings. The molecule has 0 atom stereocenters. The van der Waals surface area contributed by atoms with Crippen LogP contribution in [0.25, 0.3) is 0 Å². The van der Waals surface area contributed by atoms with Crippen LogP contribution in [0.15, 0.2) is 47.2 Å². The summed E-state index contributed by atoms with van der Waals surface area (Å²) in [6, 6.07) is 3.55. The number of hydrogen-bond donors (Lipinski definition) is 2. The zero-order valence-corrected chi connectivity index (χ0v) is 19.4. The highest BCUT2D eigenvalue weighted by Gasteiger charge is 2.38. The van der Waals surface area contributed by atoms with Crippen molar-refractivity contribution in [3.8, 4) is 5.75 Å². The molecule has 2 N–H and O–H groups in total. The van der Waals surface area contributed by atoms with Crippen LogP contribution in [0.5, 0.6) is 5.75 Å². The van der Waals surface area contributed by atoms with Crippen molar-refractivity contribution in [1.29, 1.82) is 0 Å². The van der Waals surface area contributed by atoms with Crippen LogP contribution in [0.1, 0.15) is 10.4 Å². The number of carbonyl (C=O) groups is 3. The molecule has 0 radical (unpaired) electrons. The van der Waals surface area contributed by atoms with Crippen molar-refractivity contribution in [1.82, 2.24) is 10.2 Å². The molecule has 0 spiro atoms. The highest BCUT2D eigenvalue weighted by molar-refractivity contribution is 6.38. The molecule has 15 heteroatoms.